The Morgan fingerprint density at radius 1 is 0.833 bits per heavy atom. The van der Waals surface area contributed by atoms with Gasteiger partial charge in [-0.05, 0) is 61.5 Å². The van der Waals surface area contributed by atoms with Gasteiger partial charge in [-0.25, -0.2) is 9.55 Å². The van der Waals surface area contributed by atoms with Gasteiger partial charge in [0.2, 0.25) is 5.52 Å². The van der Waals surface area contributed by atoms with Crippen LogP contribution >= 0.6 is 0 Å². The van der Waals surface area contributed by atoms with Crippen LogP contribution in [-0.2, 0) is 7.05 Å². The number of fused-ring (bicyclic) bond motifs is 2. The number of amides is 2. The number of carbonyl (C=O) groups is 2. The van der Waals surface area contributed by atoms with Crippen LogP contribution in [0.4, 0.5) is 17.1 Å². The largest absolute Gasteiger partial charge is 1.00 e. The first-order valence-electron chi connectivity index (χ1n) is 11.0. The molecule has 0 atom stereocenters. The maximum absolute atomic E-state index is 12.8. The third kappa shape index (κ3) is 5.10. The highest BCUT2D eigenvalue weighted by Gasteiger charge is 2.14. The maximum Gasteiger partial charge on any atom is 0.274 e. The van der Waals surface area contributed by atoms with E-state index in [9.17, 15) is 9.59 Å². The molecule has 2 amide bonds. The van der Waals surface area contributed by atoms with Crippen LogP contribution in [0.25, 0.3) is 21.8 Å². The van der Waals surface area contributed by atoms with E-state index >= 15 is 0 Å². The summed E-state index contributed by atoms with van der Waals surface area (Å²) in [6.07, 6.45) is 1.96. The van der Waals surface area contributed by atoms with Gasteiger partial charge >= 0.3 is 0 Å². The van der Waals surface area contributed by atoms with E-state index in [1.54, 1.807) is 42.5 Å². The standard InChI is InChI=1S/C27H22N6O2.HI/c1-16-13-21(28)20-15-19(8-10-22(20)29-16)31-27(35)24-7-3-6-23(32-24)26(34)30-18-9-11-25-17(14-18)5-4-12-33(25)2;/h3-15H,1-2H3,(H3-,28,29,30,31,32,34,35);1H. The number of anilines is 3. The Kier molecular flexibility index (Phi) is 7.11. The number of hydrogen-bond donors (Lipinski definition) is 3. The zero-order valence-electron chi connectivity index (χ0n) is 19.6. The molecule has 0 aliphatic heterocycles. The van der Waals surface area contributed by atoms with E-state index in [0.29, 0.717) is 17.1 Å². The number of hydrogen-bond acceptors (Lipinski definition) is 5. The fraction of sp³-hybridized carbons (Fsp3) is 0.0741. The van der Waals surface area contributed by atoms with E-state index in [4.69, 9.17) is 5.73 Å². The lowest BCUT2D eigenvalue weighted by Gasteiger charge is -2.09. The number of nitrogen functional groups attached to an aromatic ring is 1. The van der Waals surface area contributed by atoms with Crippen molar-refractivity contribution in [3.8, 4) is 0 Å². The molecule has 0 unspecified atom stereocenters. The molecule has 5 aromatic rings. The smallest absolute Gasteiger partial charge is 0.274 e. The minimum atomic E-state index is -0.434. The van der Waals surface area contributed by atoms with Gasteiger partial charge in [-0.15, -0.1) is 0 Å². The van der Waals surface area contributed by atoms with Crippen LogP contribution < -0.4 is 44.9 Å². The highest BCUT2D eigenvalue weighted by atomic mass is 127. The van der Waals surface area contributed by atoms with Crippen LogP contribution in [0, 0.1) is 6.92 Å². The van der Waals surface area contributed by atoms with Crippen molar-refractivity contribution >= 4 is 50.7 Å². The Morgan fingerprint density at radius 2 is 1.50 bits per heavy atom. The second-order valence-corrected chi connectivity index (χ2v) is 8.29. The van der Waals surface area contributed by atoms with Gasteiger partial charge in [-0.2, -0.15) is 0 Å². The van der Waals surface area contributed by atoms with Gasteiger partial charge in [0.05, 0.1) is 5.52 Å². The van der Waals surface area contributed by atoms with Gasteiger partial charge < -0.3 is 40.3 Å². The highest BCUT2D eigenvalue weighted by Crippen LogP contribution is 2.24. The van der Waals surface area contributed by atoms with Gasteiger partial charge in [0.15, 0.2) is 6.20 Å². The summed E-state index contributed by atoms with van der Waals surface area (Å²) in [6.45, 7) is 1.88. The molecule has 0 aliphatic rings. The number of halogens is 1. The number of nitrogens with one attached hydrogen (secondary N) is 2. The molecule has 2 aromatic carbocycles. The lowest BCUT2D eigenvalue weighted by atomic mass is 10.1. The molecule has 9 heteroatoms. The summed E-state index contributed by atoms with van der Waals surface area (Å²) in [4.78, 5) is 34.4. The number of aromatic nitrogens is 3. The van der Waals surface area contributed by atoms with Crippen LogP contribution in [0.2, 0.25) is 0 Å². The summed E-state index contributed by atoms with van der Waals surface area (Å²) in [5.74, 6) is -0.838. The van der Waals surface area contributed by atoms with Crippen LogP contribution in [0.15, 0.2) is 79.0 Å². The summed E-state index contributed by atoms with van der Waals surface area (Å²) < 4.78 is 2.01. The zero-order valence-corrected chi connectivity index (χ0v) is 21.8. The topological polar surface area (TPSA) is 114 Å². The number of nitrogens with two attached hydrogens (primary N) is 1. The van der Waals surface area contributed by atoms with Crippen molar-refractivity contribution in [1.29, 1.82) is 0 Å². The molecule has 180 valence electrons. The van der Waals surface area contributed by atoms with Crippen molar-refractivity contribution in [2.24, 2.45) is 7.05 Å². The van der Waals surface area contributed by atoms with Crippen LogP contribution in [0.3, 0.4) is 0 Å². The second-order valence-electron chi connectivity index (χ2n) is 8.29. The van der Waals surface area contributed by atoms with Gasteiger partial charge in [-0.1, -0.05) is 6.07 Å². The van der Waals surface area contributed by atoms with E-state index in [1.807, 2.05) is 55.1 Å². The number of pyridine rings is 3. The Morgan fingerprint density at radius 3 is 2.22 bits per heavy atom. The number of rotatable bonds is 4. The number of nitrogens with zero attached hydrogens (tertiary/aromatic N) is 3. The molecule has 5 rings (SSSR count). The Bertz CT molecular complexity index is 1640. The fourth-order valence-corrected chi connectivity index (χ4v) is 3.99. The van der Waals surface area contributed by atoms with Crippen molar-refractivity contribution in [3.05, 3.63) is 96.1 Å². The van der Waals surface area contributed by atoms with Gasteiger partial charge in [-0.3, -0.25) is 14.6 Å². The molecule has 36 heavy (non-hydrogen) atoms. The molecule has 0 radical (unpaired) electrons. The summed E-state index contributed by atoms with van der Waals surface area (Å²) >= 11 is 0. The second kappa shape index (κ2) is 10.2. The molecule has 0 aliphatic carbocycles. The average molecular weight is 590 g/mol. The summed E-state index contributed by atoms with van der Waals surface area (Å²) in [5, 5.41) is 7.41. The van der Waals surface area contributed by atoms with Gasteiger partial charge in [0.1, 0.15) is 18.4 Å². The van der Waals surface area contributed by atoms with Crippen molar-refractivity contribution in [1.82, 2.24) is 9.97 Å². The first-order chi connectivity index (χ1) is 16.9. The molecule has 8 nitrogen and oxygen atoms in total. The van der Waals surface area contributed by atoms with Crippen molar-refractivity contribution in [2.75, 3.05) is 16.4 Å². The quantitative estimate of drug-likeness (QED) is 0.214. The molecule has 0 bridgehead atoms. The third-order valence-electron chi connectivity index (χ3n) is 5.69. The normalized spacial score (nSPS) is 10.6. The van der Waals surface area contributed by atoms with Gasteiger partial charge in [0.25, 0.3) is 11.8 Å². The molecule has 3 heterocycles. The molecule has 0 saturated heterocycles. The Balaban J connectivity index is 0.00000304. The summed E-state index contributed by atoms with van der Waals surface area (Å²) in [5.41, 5.74) is 10.8. The van der Waals surface area contributed by atoms with E-state index in [2.05, 4.69) is 20.6 Å². The monoisotopic (exact) mass is 590 g/mol. The first kappa shape index (κ1) is 25.0. The zero-order chi connectivity index (χ0) is 24.5. The molecule has 4 N–H and O–H groups in total. The van der Waals surface area contributed by atoms with E-state index in [-0.39, 0.29) is 35.4 Å². The summed E-state index contributed by atoms with van der Waals surface area (Å²) in [6, 6.07) is 21.4. The maximum atomic E-state index is 12.8. The molecule has 3 aromatic heterocycles. The van der Waals surface area contributed by atoms with E-state index in [0.717, 1.165) is 27.5 Å². The highest BCUT2D eigenvalue weighted by molar-refractivity contribution is 6.07. The minimum Gasteiger partial charge on any atom is -1.00 e. The lowest BCUT2D eigenvalue weighted by Crippen LogP contribution is -3.00. The Hall–Kier alpha value is -4.12. The predicted octanol–water partition coefficient (Wildman–Crippen LogP) is 1.01. The van der Waals surface area contributed by atoms with Crippen LogP contribution in [0.1, 0.15) is 26.7 Å². The first-order valence-corrected chi connectivity index (χ1v) is 11.0. The van der Waals surface area contributed by atoms with Crippen LogP contribution in [0.5, 0.6) is 0 Å². The molecule has 0 saturated carbocycles. The summed E-state index contributed by atoms with van der Waals surface area (Å²) in [7, 11) is 1.96. The van der Waals surface area contributed by atoms with Crippen molar-refractivity contribution < 1.29 is 38.1 Å². The number of benzene rings is 2. The van der Waals surface area contributed by atoms with Crippen molar-refractivity contribution in [3.63, 3.8) is 0 Å². The van der Waals surface area contributed by atoms with E-state index < -0.39 is 11.8 Å². The van der Waals surface area contributed by atoms with Crippen molar-refractivity contribution in [2.45, 2.75) is 6.92 Å². The molecule has 0 spiro atoms. The number of carbonyl (C=O) groups excluding carboxylic acids is 2. The molecular formula is C27H23IN6O2. The van der Waals surface area contributed by atoms with Crippen LogP contribution in [-0.4, -0.2) is 21.8 Å². The minimum absolute atomic E-state index is 0. The number of aryl methyl sites for hydroxylation is 2. The Labute approximate surface area is 224 Å². The SMILES string of the molecule is Cc1cc(N)c2cc(NC(=O)c3cccc(C(=O)Nc4ccc5c(ccc[n+]5C)c4)n3)ccc2n1.[I-]. The van der Waals surface area contributed by atoms with E-state index in [1.165, 1.54) is 0 Å². The molecule has 0 fully saturated rings. The lowest BCUT2D eigenvalue weighted by molar-refractivity contribution is -0.644. The average Bonchev–Trinajstić information content (AvgIpc) is 2.84. The molecular weight excluding hydrogens is 567 g/mol. The van der Waals surface area contributed by atoms with Gasteiger partial charge in [0, 0.05) is 45.7 Å². The fourth-order valence-electron chi connectivity index (χ4n) is 3.99. The third-order valence-corrected chi connectivity index (χ3v) is 5.69. The predicted molar refractivity (Wildman–Crippen MR) is 136 cm³/mol.